The predicted octanol–water partition coefficient (Wildman–Crippen LogP) is 2.29. The lowest BCUT2D eigenvalue weighted by molar-refractivity contribution is 0.0520. The quantitative estimate of drug-likeness (QED) is 0.617. The molecular formula is C11H9N3O2. The minimum absolute atomic E-state index is 0.296. The van der Waals surface area contributed by atoms with E-state index in [-0.39, 0.29) is 0 Å². The number of nitrogens with zero attached hydrogens (tertiary/aromatic N) is 2. The number of ether oxygens (including phenoxy) is 1. The number of aromatic amines is 1. The minimum atomic E-state index is -0.412. The summed E-state index contributed by atoms with van der Waals surface area (Å²) in [5.74, 6) is -0.116. The number of carbonyl (C=O) groups excluding carboxylic acids is 1. The second-order valence-electron chi connectivity index (χ2n) is 3.12. The third kappa shape index (κ3) is 1.73. The van der Waals surface area contributed by atoms with Crippen molar-refractivity contribution in [2.75, 3.05) is 6.61 Å². The van der Waals surface area contributed by atoms with E-state index >= 15 is 0 Å². The van der Waals surface area contributed by atoms with Crippen LogP contribution in [-0.4, -0.2) is 22.5 Å². The van der Waals surface area contributed by atoms with Gasteiger partial charge in [-0.1, -0.05) is 12.6 Å². The molecule has 0 aliphatic heterocycles. The highest BCUT2D eigenvalue weighted by Crippen LogP contribution is 2.18. The van der Waals surface area contributed by atoms with Gasteiger partial charge in [0.05, 0.1) is 6.61 Å². The summed E-state index contributed by atoms with van der Waals surface area (Å²) in [5, 5.41) is 0.787. The van der Waals surface area contributed by atoms with Gasteiger partial charge in [0.1, 0.15) is 5.69 Å². The molecule has 80 valence electrons. The van der Waals surface area contributed by atoms with Crippen LogP contribution in [-0.2, 0) is 4.74 Å². The van der Waals surface area contributed by atoms with Gasteiger partial charge in [0.15, 0.2) is 0 Å². The zero-order chi connectivity index (χ0) is 11.5. The van der Waals surface area contributed by atoms with Crippen molar-refractivity contribution < 1.29 is 9.53 Å². The number of pyridine rings is 1. The molecule has 5 nitrogen and oxygen atoms in total. The molecule has 1 N–H and O–H groups in total. The monoisotopic (exact) mass is 215 g/mol. The molecule has 2 aromatic heterocycles. The number of esters is 1. The molecule has 0 amide bonds. The Balaban J connectivity index is 2.44. The molecule has 0 saturated carbocycles. The highest BCUT2D eigenvalue weighted by Gasteiger charge is 2.12. The van der Waals surface area contributed by atoms with E-state index in [0.717, 1.165) is 5.39 Å². The lowest BCUT2D eigenvalue weighted by Crippen LogP contribution is -2.04. The van der Waals surface area contributed by atoms with Crippen LogP contribution in [0.15, 0.2) is 18.2 Å². The molecule has 0 aromatic carbocycles. The van der Waals surface area contributed by atoms with Crippen molar-refractivity contribution in [2.24, 2.45) is 0 Å². The van der Waals surface area contributed by atoms with E-state index < -0.39 is 5.97 Å². The molecular weight excluding hydrogens is 206 g/mol. The Kier molecular flexibility index (Phi) is 2.56. The lowest BCUT2D eigenvalue weighted by atomic mass is 10.3. The fraction of sp³-hybridized carbons (Fsp3) is 0.182. The number of H-pyrrole nitrogens is 1. The van der Waals surface area contributed by atoms with E-state index in [2.05, 4.69) is 14.8 Å². The topological polar surface area (TPSA) is 59.3 Å². The first-order valence-corrected chi connectivity index (χ1v) is 4.79. The van der Waals surface area contributed by atoms with Gasteiger partial charge in [0, 0.05) is 5.39 Å². The number of rotatable bonds is 2. The van der Waals surface area contributed by atoms with E-state index in [1.54, 1.807) is 25.1 Å². The van der Waals surface area contributed by atoms with Gasteiger partial charge >= 0.3 is 5.97 Å². The summed E-state index contributed by atoms with van der Waals surface area (Å²) in [6.45, 7) is 8.91. The van der Waals surface area contributed by atoms with Crippen molar-refractivity contribution in [2.45, 2.75) is 6.92 Å². The molecule has 0 unspecified atom stereocenters. The summed E-state index contributed by atoms with van der Waals surface area (Å²) >= 11 is 0. The highest BCUT2D eigenvalue weighted by atomic mass is 16.5. The van der Waals surface area contributed by atoms with Gasteiger partial charge in [-0.25, -0.2) is 4.79 Å². The molecule has 2 aromatic rings. The van der Waals surface area contributed by atoms with Gasteiger partial charge in [-0.15, -0.1) is 4.98 Å². The zero-order valence-electron chi connectivity index (χ0n) is 8.65. The standard InChI is InChI=1S/C11H9N3O2/c1-3-16-11(15)8-6-7-4-5-9(12-2)14-10(7)13-8/h4-6H,3H2,1H3,(H,13,14). The summed E-state index contributed by atoms with van der Waals surface area (Å²) in [5.41, 5.74) is 0.878. The Hall–Kier alpha value is -2.35. The summed E-state index contributed by atoms with van der Waals surface area (Å²) in [6, 6.07) is 5.01. The number of hydrogen-bond acceptors (Lipinski definition) is 3. The summed E-state index contributed by atoms with van der Waals surface area (Å²) < 4.78 is 4.86. The van der Waals surface area contributed by atoms with E-state index in [1.165, 1.54) is 0 Å². The Morgan fingerprint density at radius 3 is 3.12 bits per heavy atom. The molecule has 2 rings (SSSR count). The van der Waals surface area contributed by atoms with Gasteiger partial charge in [0.25, 0.3) is 5.82 Å². The SMILES string of the molecule is [C-]#[N+]c1ccc2cc(C(=O)OCC)[nH]c2n1. The van der Waals surface area contributed by atoms with Crippen LogP contribution in [0.2, 0.25) is 0 Å². The van der Waals surface area contributed by atoms with Crippen LogP contribution in [0, 0.1) is 6.57 Å². The third-order valence-corrected chi connectivity index (χ3v) is 2.07. The van der Waals surface area contributed by atoms with E-state index in [1.807, 2.05) is 0 Å². The number of fused-ring (bicyclic) bond motifs is 1. The highest BCUT2D eigenvalue weighted by molar-refractivity contribution is 5.94. The largest absolute Gasteiger partial charge is 0.461 e. The van der Waals surface area contributed by atoms with Gasteiger partial charge in [-0.3, -0.25) is 0 Å². The van der Waals surface area contributed by atoms with Crippen LogP contribution >= 0.6 is 0 Å². The molecule has 0 atom stereocenters. The van der Waals surface area contributed by atoms with Crippen LogP contribution < -0.4 is 0 Å². The second kappa shape index (κ2) is 4.03. The van der Waals surface area contributed by atoms with Crippen molar-refractivity contribution in [1.82, 2.24) is 9.97 Å². The average Bonchev–Trinajstić information content (AvgIpc) is 2.71. The number of carbonyl (C=O) groups is 1. The van der Waals surface area contributed by atoms with Crippen LogP contribution in [0.25, 0.3) is 15.9 Å². The molecule has 0 aliphatic carbocycles. The van der Waals surface area contributed by atoms with Crippen molar-refractivity contribution in [3.63, 3.8) is 0 Å². The predicted molar refractivity (Wildman–Crippen MR) is 58.3 cm³/mol. The fourth-order valence-corrected chi connectivity index (χ4v) is 1.38. The smallest absolute Gasteiger partial charge is 0.354 e. The Bertz CT molecular complexity index is 580. The van der Waals surface area contributed by atoms with E-state index in [4.69, 9.17) is 11.3 Å². The molecule has 0 saturated heterocycles. The van der Waals surface area contributed by atoms with Crippen LogP contribution in [0.3, 0.4) is 0 Å². The summed E-state index contributed by atoms with van der Waals surface area (Å²) in [7, 11) is 0. The normalized spacial score (nSPS) is 10.0. The molecule has 0 bridgehead atoms. The first-order chi connectivity index (χ1) is 7.74. The van der Waals surface area contributed by atoms with E-state index in [9.17, 15) is 4.79 Å². The second-order valence-corrected chi connectivity index (χ2v) is 3.12. The van der Waals surface area contributed by atoms with Crippen molar-refractivity contribution in [3.8, 4) is 0 Å². The molecule has 0 aliphatic rings. The van der Waals surface area contributed by atoms with Crippen LogP contribution in [0.1, 0.15) is 17.4 Å². The molecule has 0 fully saturated rings. The van der Waals surface area contributed by atoms with Gasteiger partial charge in [0.2, 0.25) is 5.65 Å². The van der Waals surface area contributed by atoms with Gasteiger partial charge < -0.3 is 14.6 Å². The maximum Gasteiger partial charge on any atom is 0.354 e. The Labute approximate surface area is 91.9 Å². The molecule has 0 radical (unpaired) electrons. The third-order valence-electron chi connectivity index (χ3n) is 2.07. The minimum Gasteiger partial charge on any atom is -0.461 e. The number of aromatic nitrogens is 2. The lowest BCUT2D eigenvalue weighted by Gasteiger charge is -1.96. The zero-order valence-corrected chi connectivity index (χ0v) is 8.65. The van der Waals surface area contributed by atoms with Gasteiger partial charge in [-0.2, -0.15) is 0 Å². The first kappa shape index (κ1) is 10.2. The maximum atomic E-state index is 11.4. The maximum absolute atomic E-state index is 11.4. The van der Waals surface area contributed by atoms with Crippen molar-refractivity contribution >= 4 is 22.8 Å². The van der Waals surface area contributed by atoms with Crippen molar-refractivity contribution in [3.05, 3.63) is 35.3 Å². The van der Waals surface area contributed by atoms with Crippen LogP contribution in [0.5, 0.6) is 0 Å². The summed E-state index contributed by atoms with van der Waals surface area (Å²) in [4.78, 5) is 21.5. The average molecular weight is 215 g/mol. The molecule has 16 heavy (non-hydrogen) atoms. The first-order valence-electron chi connectivity index (χ1n) is 4.79. The Morgan fingerprint density at radius 2 is 2.44 bits per heavy atom. The molecule has 5 heteroatoms. The van der Waals surface area contributed by atoms with Crippen molar-refractivity contribution in [1.29, 1.82) is 0 Å². The molecule has 2 heterocycles. The molecule has 0 spiro atoms. The van der Waals surface area contributed by atoms with Crippen LogP contribution in [0.4, 0.5) is 5.82 Å². The number of nitrogens with one attached hydrogen (secondary N) is 1. The fourth-order valence-electron chi connectivity index (χ4n) is 1.38. The Morgan fingerprint density at radius 1 is 1.62 bits per heavy atom. The van der Waals surface area contributed by atoms with Gasteiger partial charge in [-0.05, 0) is 19.1 Å². The number of hydrogen-bond donors (Lipinski definition) is 1. The summed E-state index contributed by atoms with van der Waals surface area (Å²) in [6.07, 6.45) is 0. The van der Waals surface area contributed by atoms with E-state index in [0.29, 0.717) is 23.8 Å².